The van der Waals surface area contributed by atoms with Crippen LogP contribution in [0, 0.1) is 0 Å². The number of benzene rings is 2. The average molecular weight is 391 g/mol. The number of aromatic amines is 1. The summed E-state index contributed by atoms with van der Waals surface area (Å²) >= 11 is 17.2. The molecule has 0 saturated carbocycles. The van der Waals surface area contributed by atoms with Gasteiger partial charge in [0.2, 0.25) is 0 Å². The molecule has 0 saturated heterocycles. The summed E-state index contributed by atoms with van der Waals surface area (Å²) in [5.74, 6) is 0. The lowest BCUT2D eigenvalue weighted by atomic mass is 10.3. The van der Waals surface area contributed by atoms with Crippen LogP contribution in [0.15, 0.2) is 53.5 Å². The highest BCUT2D eigenvalue weighted by Crippen LogP contribution is 2.25. The highest BCUT2D eigenvalue weighted by molar-refractivity contribution is 7.80. The van der Waals surface area contributed by atoms with Crippen molar-refractivity contribution in [3.05, 3.63) is 74.8 Å². The Kier molecular flexibility index (Phi) is 5.33. The van der Waals surface area contributed by atoms with Gasteiger partial charge in [0, 0.05) is 11.2 Å². The van der Waals surface area contributed by atoms with Crippen molar-refractivity contribution in [2.24, 2.45) is 0 Å². The summed E-state index contributed by atoms with van der Waals surface area (Å²) in [5, 5.41) is 7.11. The molecule has 0 amide bonds. The molecule has 0 fully saturated rings. The standard InChI is InChI=1S/C17H12Cl2N4OS/c18-10-5-6-11(19)15(9-10)23-17(25)20-8-7-14-16(24)22-13-4-2-1-3-12(13)21-14/h1-9H,(H,22,24)(H2,20,23,25)/b8-7-. The predicted octanol–water partition coefficient (Wildman–Crippen LogP) is 4.19. The first-order valence-electron chi connectivity index (χ1n) is 7.21. The first-order valence-corrected chi connectivity index (χ1v) is 8.37. The molecule has 3 N–H and O–H groups in total. The number of nitrogens with zero attached hydrogens (tertiary/aromatic N) is 1. The zero-order chi connectivity index (χ0) is 17.8. The second-order valence-corrected chi connectivity index (χ2v) is 6.28. The molecule has 0 radical (unpaired) electrons. The van der Waals surface area contributed by atoms with E-state index in [0.29, 0.717) is 31.9 Å². The third-order valence-electron chi connectivity index (χ3n) is 3.26. The van der Waals surface area contributed by atoms with Crippen molar-refractivity contribution >= 4 is 63.3 Å². The quantitative estimate of drug-likeness (QED) is 0.585. The van der Waals surface area contributed by atoms with E-state index in [1.54, 1.807) is 30.3 Å². The van der Waals surface area contributed by atoms with Crippen LogP contribution < -0.4 is 16.2 Å². The second kappa shape index (κ2) is 7.65. The first kappa shape index (κ1) is 17.4. The molecular weight excluding hydrogens is 379 g/mol. The molecule has 8 heteroatoms. The van der Waals surface area contributed by atoms with Crippen LogP contribution >= 0.6 is 35.4 Å². The van der Waals surface area contributed by atoms with E-state index < -0.39 is 0 Å². The molecule has 0 aliphatic heterocycles. The number of nitrogens with one attached hydrogen (secondary N) is 3. The van der Waals surface area contributed by atoms with Gasteiger partial charge in [-0.05, 0) is 48.6 Å². The van der Waals surface area contributed by atoms with Gasteiger partial charge in [0.1, 0.15) is 5.69 Å². The summed E-state index contributed by atoms with van der Waals surface area (Å²) in [5.41, 5.74) is 1.96. The Morgan fingerprint density at radius 3 is 2.84 bits per heavy atom. The maximum absolute atomic E-state index is 12.0. The van der Waals surface area contributed by atoms with Crippen LogP contribution in [-0.2, 0) is 0 Å². The molecule has 25 heavy (non-hydrogen) atoms. The van der Waals surface area contributed by atoms with Crippen LogP contribution in [-0.4, -0.2) is 15.1 Å². The van der Waals surface area contributed by atoms with Gasteiger partial charge < -0.3 is 15.6 Å². The Morgan fingerprint density at radius 2 is 2.00 bits per heavy atom. The van der Waals surface area contributed by atoms with Crippen LogP contribution in [0.5, 0.6) is 0 Å². The van der Waals surface area contributed by atoms with E-state index in [-0.39, 0.29) is 11.3 Å². The molecule has 2 aromatic carbocycles. The normalized spacial score (nSPS) is 11.0. The number of aromatic nitrogens is 2. The Balaban J connectivity index is 1.70. The summed E-state index contributed by atoms with van der Waals surface area (Å²) < 4.78 is 0. The number of H-pyrrole nitrogens is 1. The molecule has 3 rings (SSSR count). The van der Waals surface area contributed by atoms with E-state index in [1.165, 1.54) is 6.20 Å². The monoisotopic (exact) mass is 390 g/mol. The van der Waals surface area contributed by atoms with Crippen LogP contribution in [0.1, 0.15) is 5.69 Å². The lowest BCUT2D eigenvalue weighted by Crippen LogP contribution is -2.24. The zero-order valence-electron chi connectivity index (χ0n) is 12.7. The highest BCUT2D eigenvalue weighted by atomic mass is 35.5. The van der Waals surface area contributed by atoms with Crippen molar-refractivity contribution < 1.29 is 0 Å². The fourth-order valence-electron chi connectivity index (χ4n) is 2.10. The Bertz CT molecular complexity index is 1030. The molecule has 0 aliphatic carbocycles. The minimum absolute atomic E-state index is 0.273. The van der Waals surface area contributed by atoms with Crippen molar-refractivity contribution in [2.75, 3.05) is 5.32 Å². The summed E-state index contributed by atoms with van der Waals surface area (Å²) in [7, 11) is 0. The van der Waals surface area contributed by atoms with E-state index >= 15 is 0 Å². The number of hydrogen-bond donors (Lipinski definition) is 3. The Hall–Kier alpha value is -2.41. The molecule has 0 aliphatic rings. The van der Waals surface area contributed by atoms with Gasteiger partial charge in [-0.2, -0.15) is 0 Å². The fourth-order valence-corrected chi connectivity index (χ4v) is 2.62. The number of rotatable bonds is 3. The van der Waals surface area contributed by atoms with Crippen molar-refractivity contribution in [1.82, 2.24) is 15.3 Å². The third kappa shape index (κ3) is 4.36. The van der Waals surface area contributed by atoms with Crippen molar-refractivity contribution in [1.29, 1.82) is 0 Å². The summed E-state index contributed by atoms with van der Waals surface area (Å²) in [6.07, 6.45) is 3.07. The summed E-state index contributed by atoms with van der Waals surface area (Å²) in [4.78, 5) is 19.1. The molecule has 0 spiro atoms. The maximum atomic E-state index is 12.0. The van der Waals surface area contributed by atoms with Crippen molar-refractivity contribution in [2.45, 2.75) is 0 Å². The Labute approximate surface area is 158 Å². The van der Waals surface area contributed by atoms with Crippen LogP contribution in [0.2, 0.25) is 10.0 Å². The summed E-state index contributed by atoms with van der Waals surface area (Å²) in [6.45, 7) is 0. The molecule has 1 aromatic heterocycles. The molecule has 0 bridgehead atoms. The van der Waals surface area contributed by atoms with Gasteiger partial charge in [0.15, 0.2) is 5.11 Å². The maximum Gasteiger partial charge on any atom is 0.274 e. The Morgan fingerprint density at radius 1 is 1.20 bits per heavy atom. The van der Waals surface area contributed by atoms with Crippen LogP contribution in [0.4, 0.5) is 5.69 Å². The van der Waals surface area contributed by atoms with Gasteiger partial charge in [0.25, 0.3) is 5.56 Å². The second-order valence-electron chi connectivity index (χ2n) is 5.02. The minimum Gasteiger partial charge on any atom is -0.339 e. The molecular formula is C17H12Cl2N4OS. The lowest BCUT2D eigenvalue weighted by molar-refractivity contribution is 1.18. The van der Waals surface area contributed by atoms with Crippen LogP contribution in [0.3, 0.4) is 0 Å². The first-order chi connectivity index (χ1) is 12.0. The number of para-hydroxylation sites is 2. The van der Waals surface area contributed by atoms with Gasteiger partial charge in [0.05, 0.1) is 21.7 Å². The van der Waals surface area contributed by atoms with Crippen molar-refractivity contribution in [3.63, 3.8) is 0 Å². The lowest BCUT2D eigenvalue weighted by Gasteiger charge is -2.09. The smallest absolute Gasteiger partial charge is 0.274 e. The topological polar surface area (TPSA) is 69.8 Å². The van der Waals surface area contributed by atoms with Gasteiger partial charge >= 0.3 is 0 Å². The zero-order valence-corrected chi connectivity index (χ0v) is 15.0. The van der Waals surface area contributed by atoms with Gasteiger partial charge in [-0.3, -0.25) is 4.79 Å². The van der Waals surface area contributed by atoms with E-state index in [2.05, 4.69) is 20.6 Å². The molecule has 3 aromatic rings. The molecule has 0 unspecified atom stereocenters. The van der Waals surface area contributed by atoms with E-state index in [4.69, 9.17) is 35.4 Å². The molecule has 1 heterocycles. The molecule has 126 valence electrons. The van der Waals surface area contributed by atoms with E-state index in [1.807, 2.05) is 18.2 Å². The van der Waals surface area contributed by atoms with E-state index in [0.717, 1.165) is 0 Å². The number of thiocarbonyl (C=S) groups is 1. The summed E-state index contributed by atoms with van der Waals surface area (Å²) in [6, 6.07) is 12.3. The SMILES string of the molecule is O=c1[nH]c2ccccc2nc1/C=C\NC(=S)Nc1cc(Cl)ccc1Cl. The molecule has 5 nitrogen and oxygen atoms in total. The number of fused-ring (bicyclic) bond motifs is 1. The van der Waals surface area contributed by atoms with Gasteiger partial charge in [-0.25, -0.2) is 4.98 Å². The third-order valence-corrected chi connectivity index (χ3v) is 4.04. The predicted molar refractivity (Wildman–Crippen MR) is 107 cm³/mol. The largest absolute Gasteiger partial charge is 0.339 e. The molecule has 0 atom stereocenters. The fraction of sp³-hybridized carbons (Fsp3) is 0. The number of hydrogen-bond acceptors (Lipinski definition) is 3. The number of anilines is 1. The van der Waals surface area contributed by atoms with Crippen molar-refractivity contribution in [3.8, 4) is 0 Å². The van der Waals surface area contributed by atoms with E-state index in [9.17, 15) is 4.79 Å². The van der Waals surface area contributed by atoms with Crippen LogP contribution in [0.25, 0.3) is 17.1 Å². The van der Waals surface area contributed by atoms with Gasteiger partial charge in [-0.1, -0.05) is 35.3 Å². The minimum atomic E-state index is -0.284. The van der Waals surface area contributed by atoms with Gasteiger partial charge in [-0.15, -0.1) is 0 Å². The average Bonchev–Trinajstić information content (AvgIpc) is 2.58. The highest BCUT2D eigenvalue weighted by Gasteiger charge is 2.03. The number of halogens is 2.